The predicted octanol–water partition coefficient (Wildman–Crippen LogP) is -0.0127. The minimum Gasteiger partial charge on any atom is -0.309 e. The van der Waals surface area contributed by atoms with E-state index in [0.29, 0.717) is 12.4 Å². The highest BCUT2D eigenvalue weighted by Crippen LogP contribution is 2.09. The molecule has 0 aliphatic rings. The molecule has 0 amide bonds. The Bertz CT molecular complexity index is 472. The van der Waals surface area contributed by atoms with Crippen LogP contribution in [0.5, 0.6) is 0 Å². The molecule has 1 aromatic rings. The molecule has 0 saturated heterocycles. The Balaban J connectivity index is 2.46. The zero-order valence-electron chi connectivity index (χ0n) is 11.3. The molecule has 0 unspecified atom stereocenters. The van der Waals surface area contributed by atoms with Crippen molar-refractivity contribution in [1.29, 1.82) is 0 Å². The molecule has 0 bridgehead atoms. The van der Waals surface area contributed by atoms with E-state index in [1.807, 2.05) is 14.1 Å². The lowest BCUT2D eigenvalue weighted by atomic mass is 10.3. The van der Waals surface area contributed by atoms with E-state index in [1.54, 1.807) is 0 Å². The summed E-state index contributed by atoms with van der Waals surface area (Å²) in [4.78, 5) is 6.07. The molecule has 0 fully saturated rings. The molecule has 0 aliphatic carbocycles. The summed E-state index contributed by atoms with van der Waals surface area (Å²) in [7, 11) is 0.497. The first kappa shape index (κ1) is 15.8. The van der Waals surface area contributed by atoms with Crippen molar-refractivity contribution in [1.82, 2.24) is 14.6 Å². The van der Waals surface area contributed by atoms with Crippen LogP contribution in [0.15, 0.2) is 23.2 Å². The number of nitrogens with zero attached hydrogens (tertiary/aromatic N) is 2. The molecule has 0 aliphatic heterocycles. The van der Waals surface area contributed by atoms with Gasteiger partial charge in [-0.1, -0.05) is 0 Å². The SMILES string of the molecule is CN(C)CCCCNS(=O)(=O)c1ccc(NN)nc1. The average molecular weight is 287 g/mol. The number of nitrogens with one attached hydrogen (secondary N) is 2. The predicted molar refractivity (Wildman–Crippen MR) is 75.0 cm³/mol. The minimum atomic E-state index is -3.48. The zero-order valence-corrected chi connectivity index (χ0v) is 12.1. The van der Waals surface area contributed by atoms with Crippen LogP contribution >= 0.6 is 0 Å². The van der Waals surface area contributed by atoms with Crippen LogP contribution in [0.25, 0.3) is 0 Å². The number of hydrazine groups is 1. The van der Waals surface area contributed by atoms with Gasteiger partial charge in [0.25, 0.3) is 0 Å². The average Bonchev–Trinajstić information content (AvgIpc) is 2.38. The molecule has 108 valence electrons. The van der Waals surface area contributed by atoms with Gasteiger partial charge in [-0.25, -0.2) is 24.0 Å². The molecule has 19 heavy (non-hydrogen) atoms. The zero-order chi connectivity index (χ0) is 14.3. The second-order valence-electron chi connectivity index (χ2n) is 4.43. The van der Waals surface area contributed by atoms with E-state index < -0.39 is 10.0 Å². The molecule has 0 radical (unpaired) electrons. The Kier molecular flexibility index (Phi) is 6.16. The Morgan fingerprint density at radius 1 is 1.32 bits per heavy atom. The van der Waals surface area contributed by atoms with Crippen LogP contribution in [0, 0.1) is 0 Å². The van der Waals surface area contributed by atoms with Crippen molar-refractivity contribution in [3.8, 4) is 0 Å². The van der Waals surface area contributed by atoms with Gasteiger partial charge in [0.15, 0.2) is 0 Å². The number of pyridine rings is 1. The van der Waals surface area contributed by atoms with Crippen molar-refractivity contribution < 1.29 is 8.42 Å². The van der Waals surface area contributed by atoms with Gasteiger partial charge >= 0.3 is 0 Å². The molecule has 7 nitrogen and oxygen atoms in total. The van der Waals surface area contributed by atoms with Crippen molar-refractivity contribution in [2.24, 2.45) is 5.84 Å². The summed E-state index contributed by atoms with van der Waals surface area (Å²) in [5.41, 5.74) is 2.35. The van der Waals surface area contributed by atoms with Crippen LogP contribution in [0.4, 0.5) is 5.82 Å². The monoisotopic (exact) mass is 287 g/mol. The highest BCUT2D eigenvalue weighted by molar-refractivity contribution is 7.89. The number of nitrogens with two attached hydrogens (primary N) is 1. The van der Waals surface area contributed by atoms with Gasteiger partial charge in [-0.2, -0.15) is 0 Å². The number of sulfonamides is 1. The fraction of sp³-hybridized carbons (Fsp3) is 0.545. The quantitative estimate of drug-likeness (QED) is 0.353. The molecular weight excluding hydrogens is 266 g/mol. The summed E-state index contributed by atoms with van der Waals surface area (Å²) < 4.78 is 26.4. The number of hydrogen-bond acceptors (Lipinski definition) is 6. The molecule has 0 saturated carbocycles. The lowest BCUT2D eigenvalue weighted by Gasteiger charge is -2.10. The minimum absolute atomic E-state index is 0.138. The van der Waals surface area contributed by atoms with Crippen LogP contribution in [0.1, 0.15) is 12.8 Å². The van der Waals surface area contributed by atoms with Gasteiger partial charge in [0, 0.05) is 12.7 Å². The van der Waals surface area contributed by atoms with E-state index in [9.17, 15) is 8.42 Å². The standard InChI is InChI=1S/C11H21N5O2S/c1-16(2)8-4-3-7-14-19(17,18)10-5-6-11(15-12)13-9-10/h5-6,9,14H,3-4,7-8,12H2,1-2H3,(H,13,15). The third kappa shape index (κ3) is 5.52. The Hall–Kier alpha value is -1.22. The smallest absolute Gasteiger partial charge is 0.242 e. The second-order valence-corrected chi connectivity index (χ2v) is 6.20. The van der Waals surface area contributed by atoms with E-state index in [4.69, 9.17) is 5.84 Å². The van der Waals surface area contributed by atoms with Crippen LogP contribution in [0.2, 0.25) is 0 Å². The first-order chi connectivity index (χ1) is 8.95. The number of rotatable bonds is 8. The highest BCUT2D eigenvalue weighted by atomic mass is 32.2. The summed E-state index contributed by atoms with van der Waals surface area (Å²) >= 11 is 0. The lowest BCUT2D eigenvalue weighted by Crippen LogP contribution is -2.25. The molecule has 0 atom stereocenters. The largest absolute Gasteiger partial charge is 0.309 e. The summed E-state index contributed by atoms with van der Waals surface area (Å²) in [5.74, 6) is 5.59. The van der Waals surface area contributed by atoms with Crippen molar-refractivity contribution in [2.45, 2.75) is 17.7 Å². The number of hydrogen-bond donors (Lipinski definition) is 3. The van der Waals surface area contributed by atoms with E-state index in [-0.39, 0.29) is 4.90 Å². The fourth-order valence-corrected chi connectivity index (χ4v) is 2.49. The Labute approximate surface area is 114 Å². The molecule has 0 aromatic carbocycles. The maximum Gasteiger partial charge on any atom is 0.242 e. The van der Waals surface area contributed by atoms with Gasteiger partial charge in [0.05, 0.1) is 0 Å². The summed E-state index contributed by atoms with van der Waals surface area (Å²) in [6.45, 7) is 1.37. The number of aromatic nitrogens is 1. The molecule has 4 N–H and O–H groups in total. The van der Waals surface area contributed by atoms with Crippen LogP contribution in [0.3, 0.4) is 0 Å². The van der Waals surface area contributed by atoms with Crippen LogP contribution in [-0.2, 0) is 10.0 Å². The number of nitrogen functional groups attached to an aromatic ring is 1. The normalized spacial score (nSPS) is 11.8. The third-order valence-corrected chi connectivity index (χ3v) is 3.96. The maximum atomic E-state index is 11.9. The molecule has 8 heteroatoms. The highest BCUT2D eigenvalue weighted by Gasteiger charge is 2.13. The third-order valence-electron chi connectivity index (χ3n) is 2.52. The van der Waals surface area contributed by atoms with Gasteiger partial charge in [-0.05, 0) is 45.6 Å². The number of anilines is 1. The van der Waals surface area contributed by atoms with Gasteiger partial charge in [0.2, 0.25) is 10.0 Å². The van der Waals surface area contributed by atoms with Gasteiger partial charge in [-0.15, -0.1) is 0 Å². The van der Waals surface area contributed by atoms with E-state index in [1.165, 1.54) is 18.3 Å². The van der Waals surface area contributed by atoms with Crippen molar-refractivity contribution in [3.63, 3.8) is 0 Å². The molecule has 1 heterocycles. The summed E-state index contributed by atoms with van der Waals surface area (Å²) in [6.07, 6.45) is 3.02. The Morgan fingerprint density at radius 2 is 2.05 bits per heavy atom. The molecule has 1 rings (SSSR count). The first-order valence-corrected chi connectivity index (χ1v) is 7.51. The van der Waals surface area contributed by atoms with E-state index >= 15 is 0 Å². The van der Waals surface area contributed by atoms with E-state index in [2.05, 4.69) is 20.0 Å². The number of unbranched alkanes of at least 4 members (excludes halogenated alkanes) is 1. The van der Waals surface area contributed by atoms with Crippen molar-refractivity contribution in [3.05, 3.63) is 18.3 Å². The van der Waals surface area contributed by atoms with E-state index in [0.717, 1.165) is 19.4 Å². The van der Waals surface area contributed by atoms with Gasteiger partial charge in [-0.3, -0.25) is 0 Å². The molecular formula is C11H21N5O2S. The molecule has 0 spiro atoms. The van der Waals surface area contributed by atoms with Crippen LogP contribution < -0.4 is 16.0 Å². The molecule has 1 aromatic heterocycles. The maximum absolute atomic E-state index is 11.9. The lowest BCUT2D eigenvalue weighted by molar-refractivity contribution is 0.394. The fourth-order valence-electron chi connectivity index (χ4n) is 1.47. The van der Waals surface area contributed by atoms with Crippen molar-refractivity contribution in [2.75, 3.05) is 32.6 Å². The summed E-state index contributed by atoms with van der Waals surface area (Å²) in [5, 5.41) is 0. The second kappa shape index (κ2) is 7.39. The van der Waals surface area contributed by atoms with Crippen LogP contribution in [-0.4, -0.2) is 45.5 Å². The van der Waals surface area contributed by atoms with Gasteiger partial charge in [0.1, 0.15) is 10.7 Å². The summed E-state index contributed by atoms with van der Waals surface area (Å²) in [6, 6.07) is 2.98. The first-order valence-electron chi connectivity index (χ1n) is 6.03. The Morgan fingerprint density at radius 3 is 2.58 bits per heavy atom. The topological polar surface area (TPSA) is 100 Å². The van der Waals surface area contributed by atoms with Crippen molar-refractivity contribution >= 4 is 15.8 Å². The van der Waals surface area contributed by atoms with Gasteiger partial charge < -0.3 is 10.3 Å².